The molecule has 2 amide bonds. The maximum atomic E-state index is 12.5. The summed E-state index contributed by atoms with van der Waals surface area (Å²) in [6.45, 7) is 0.211. The van der Waals surface area contributed by atoms with Gasteiger partial charge in [-0.1, -0.05) is 18.2 Å². The molecule has 2 heterocycles. The molecular formula is C18H14N2O4. The molecule has 0 radical (unpaired) electrons. The van der Waals surface area contributed by atoms with E-state index >= 15 is 0 Å². The van der Waals surface area contributed by atoms with Crippen LogP contribution in [0.2, 0.25) is 0 Å². The number of amides is 2. The summed E-state index contributed by atoms with van der Waals surface area (Å²) in [6, 6.07) is 12.7. The van der Waals surface area contributed by atoms with Gasteiger partial charge in [0.05, 0.1) is 11.4 Å². The van der Waals surface area contributed by atoms with Gasteiger partial charge in [0.15, 0.2) is 11.5 Å². The maximum Gasteiger partial charge on any atom is 0.251 e. The van der Waals surface area contributed by atoms with Gasteiger partial charge in [0.25, 0.3) is 5.91 Å². The molecule has 0 aromatic heterocycles. The molecule has 24 heavy (non-hydrogen) atoms. The van der Waals surface area contributed by atoms with E-state index in [1.54, 1.807) is 24.3 Å². The fraction of sp³-hybridized carbons (Fsp3) is 0.111. The number of para-hydroxylation sites is 2. The third-order valence-corrected chi connectivity index (χ3v) is 3.85. The highest BCUT2D eigenvalue weighted by atomic mass is 16.7. The molecule has 0 saturated carbocycles. The van der Waals surface area contributed by atoms with Crippen LogP contribution in [0.25, 0.3) is 6.08 Å². The molecule has 120 valence electrons. The van der Waals surface area contributed by atoms with E-state index in [2.05, 4.69) is 5.32 Å². The van der Waals surface area contributed by atoms with Crippen molar-refractivity contribution in [3.8, 4) is 11.5 Å². The second-order valence-electron chi connectivity index (χ2n) is 5.44. The summed E-state index contributed by atoms with van der Waals surface area (Å²) in [6.07, 6.45) is 3.15. The average molecular weight is 322 g/mol. The van der Waals surface area contributed by atoms with Gasteiger partial charge in [-0.05, 0) is 35.9 Å². The van der Waals surface area contributed by atoms with Crippen molar-refractivity contribution in [3.05, 3.63) is 54.1 Å². The Morgan fingerprint density at radius 2 is 1.96 bits per heavy atom. The Balaban J connectivity index is 1.57. The Kier molecular flexibility index (Phi) is 3.42. The summed E-state index contributed by atoms with van der Waals surface area (Å²) in [5, 5.41) is 2.76. The van der Waals surface area contributed by atoms with Crippen molar-refractivity contribution in [2.24, 2.45) is 0 Å². The van der Waals surface area contributed by atoms with Crippen LogP contribution in [-0.4, -0.2) is 25.2 Å². The highest BCUT2D eigenvalue weighted by Crippen LogP contribution is 2.33. The molecule has 0 unspecified atom stereocenters. The molecule has 6 heteroatoms. The smallest absolute Gasteiger partial charge is 0.251 e. The standard InChI is InChI=1S/C18H14N2O4/c21-17-10-20(14-4-2-1-3-13(14)19-17)18(22)8-6-12-5-7-15-16(9-12)24-11-23-15/h1-9H,10-11H2,(H,19,21)/b8-6+. The molecule has 0 aliphatic carbocycles. The van der Waals surface area contributed by atoms with Crippen molar-refractivity contribution in [1.82, 2.24) is 0 Å². The van der Waals surface area contributed by atoms with E-state index < -0.39 is 0 Å². The molecule has 2 aromatic carbocycles. The Bertz CT molecular complexity index is 860. The van der Waals surface area contributed by atoms with Crippen LogP contribution in [-0.2, 0) is 9.59 Å². The van der Waals surface area contributed by atoms with Crippen LogP contribution in [0.1, 0.15) is 5.56 Å². The SMILES string of the molecule is O=C1CN(C(=O)/C=C/c2ccc3c(c2)OCO3)c2ccccc2N1. The summed E-state index contributed by atoms with van der Waals surface area (Å²) >= 11 is 0. The zero-order valence-corrected chi connectivity index (χ0v) is 12.7. The third kappa shape index (κ3) is 2.58. The summed E-state index contributed by atoms with van der Waals surface area (Å²) < 4.78 is 10.6. The number of anilines is 2. The number of rotatable bonds is 2. The van der Waals surface area contributed by atoms with Gasteiger partial charge in [-0.3, -0.25) is 14.5 Å². The molecular weight excluding hydrogens is 308 g/mol. The predicted molar refractivity (Wildman–Crippen MR) is 89.0 cm³/mol. The van der Waals surface area contributed by atoms with Gasteiger partial charge < -0.3 is 14.8 Å². The number of ether oxygens (including phenoxy) is 2. The van der Waals surface area contributed by atoms with E-state index in [9.17, 15) is 9.59 Å². The van der Waals surface area contributed by atoms with Crippen LogP contribution in [0.15, 0.2) is 48.5 Å². The van der Waals surface area contributed by atoms with Crippen LogP contribution < -0.4 is 19.7 Å². The number of carbonyl (C=O) groups is 2. The summed E-state index contributed by atoms with van der Waals surface area (Å²) in [5.74, 6) is 0.890. The average Bonchev–Trinajstić information content (AvgIpc) is 3.06. The van der Waals surface area contributed by atoms with Crippen LogP contribution in [0.5, 0.6) is 11.5 Å². The van der Waals surface area contributed by atoms with Crippen LogP contribution in [0, 0.1) is 0 Å². The van der Waals surface area contributed by atoms with Crippen molar-refractivity contribution in [2.75, 3.05) is 23.6 Å². The quantitative estimate of drug-likeness (QED) is 0.862. The first-order valence-corrected chi connectivity index (χ1v) is 7.49. The molecule has 2 aliphatic rings. The zero-order valence-electron chi connectivity index (χ0n) is 12.7. The molecule has 0 saturated heterocycles. The summed E-state index contributed by atoms with van der Waals surface area (Å²) in [7, 11) is 0. The minimum Gasteiger partial charge on any atom is -0.454 e. The Morgan fingerprint density at radius 3 is 2.88 bits per heavy atom. The second-order valence-corrected chi connectivity index (χ2v) is 5.44. The molecule has 0 fully saturated rings. The summed E-state index contributed by atoms with van der Waals surface area (Å²) in [4.78, 5) is 25.8. The first-order valence-electron chi connectivity index (χ1n) is 7.49. The van der Waals surface area contributed by atoms with Gasteiger partial charge in [-0.15, -0.1) is 0 Å². The monoisotopic (exact) mass is 322 g/mol. The summed E-state index contributed by atoms with van der Waals surface area (Å²) in [5.41, 5.74) is 2.15. The number of fused-ring (bicyclic) bond motifs is 2. The van der Waals surface area contributed by atoms with Crippen molar-refractivity contribution in [1.29, 1.82) is 0 Å². The van der Waals surface area contributed by atoms with E-state index in [4.69, 9.17) is 9.47 Å². The Morgan fingerprint density at radius 1 is 1.12 bits per heavy atom. The fourth-order valence-corrected chi connectivity index (χ4v) is 2.70. The largest absolute Gasteiger partial charge is 0.454 e. The molecule has 4 rings (SSSR count). The lowest BCUT2D eigenvalue weighted by Crippen LogP contribution is -2.41. The van der Waals surface area contributed by atoms with Crippen molar-refractivity contribution < 1.29 is 19.1 Å². The van der Waals surface area contributed by atoms with Crippen LogP contribution in [0.3, 0.4) is 0 Å². The highest BCUT2D eigenvalue weighted by Gasteiger charge is 2.25. The van der Waals surface area contributed by atoms with Crippen molar-refractivity contribution >= 4 is 29.3 Å². The second kappa shape index (κ2) is 5.73. The van der Waals surface area contributed by atoms with Gasteiger partial charge in [0, 0.05) is 6.08 Å². The van der Waals surface area contributed by atoms with E-state index in [0.717, 1.165) is 5.56 Å². The number of carbonyl (C=O) groups excluding carboxylic acids is 2. The lowest BCUT2D eigenvalue weighted by atomic mass is 10.1. The lowest BCUT2D eigenvalue weighted by Gasteiger charge is -2.28. The van der Waals surface area contributed by atoms with Crippen molar-refractivity contribution in [2.45, 2.75) is 0 Å². The highest BCUT2D eigenvalue weighted by molar-refractivity contribution is 6.13. The maximum absolute atomic E-state index is 12.5. The normalized spacial score (nSPS) is 15.3. The predicted octanol–water partition coefficient (Wildman–Crippen LogP) is 2.41. The topological polar surface area (TPSA) is 67.9 Å². The minimum absolute atomic E-state index is 0.00132. The molecule has 0 spiro atoms. The first kappa shape index (κ1) is 14.3. The van der Waals surface area contributed by atoms with Crippen LogP contribution in [0.4, 0.5) is 11.4 Å². The van der Waals surface area contributed by atoms with Gasteiger partial charge in [0.1, 0.15) is 6.54 Å². The van der Waals surface area contributed by atoms with Crippen LogP contribution >= 0.6 is 0 Å². The number of hydrogen-bond acceptors (Lipinski definition) is 4. The molecule has 2 aliphatic heterocycles. The van der Waals surface area contributed by atoms with Gasteiger partial charge in [0.2, 0.25) is 12.7 Å². The van der Waals surface area contributed by atoms with Gasteiger partial charge in [-0.25, -0.2) is 0 Å². The fourth-order valence-electron chi connectivity index (χ4n) is 2.70. The van der Waals surface area contributed by atoms with Crippen molar-refractivity contribution in [3.63, 3.8) is 0 Å². The Labute approximate surface area is 138 Å². The third-order valence-electron chi connectivity index (χ3n) is 3.85. The van der Waals surface area contributed by atoms with E-state index in [0.29, 0.717) is 22.9 Å². The van der Waals surface area contributed by atoms with E-state index in [1.165, 1.54) is 11.0 Å². The molecule has 1 N–H and O–H groups in total. The van der Waals surface area contributed by atoms with Gasteiger partial charge >= 0.3 is 0 Å². The molecule has 2 aromatic rings. The Hall–Kier alpha value is -3.28. The lowest BCUT2D eigenvalue weighted by molar-refractivity contribution is -0.119. The number of nitrogens with one attached hydrogen (secondary N) is 1. The van der Waals surface area contributed by atoms with E-state index in [1.807, 2.05) is 24.3 Å². The zero-order chi connectivity index (χ0) is 16.5. The molecule has 6 nitrogen and oxygen atoms in total. The number of hydrogen-bond donors (Lipinski definition) is 1. The number of nitrogens with zero attached hydrogens (tertiary/aromatic N) is 1. The molecule has 0 bridgehead atoms. The minimum atomic E-state index is -0.255. The van der Waals surface area contributed by atoms with Gasteiger partial charge in [-0.2, -0.15) is 0 Å². The van der Waals surface area contributed by atoms with E-state index in [-0.39, 0.29) is 25.2 Å². The molecule has 0 atom stereocenters. The number of benzene rings is 2. The first-order chi connectivity index (χ1) is 11.7.